The van der Waals surface area contributed by atoms with Crippen LogP contribution >= 0.6 is 39.1 Å². The van der Waals surface area contributed by atoms with Crippen LogP contribution in [-0.4, -0.2) is 14.9 Å². The fourth-order valence-electron chi connectivity index (χ4n) is 1.91. The summed E-state index contributed by atoms with van der Waals surface area (Å²) in [5, 5.41) is 15.6. The molecular formula is C13H13BrCl2N2O. The first-order valence-corrected chi connectivity index (χ1v) is 7.43. The number of aliphatic hydroxyl groups is 1. The number of hydrogen-bond acceptors (Lipinski definition) is 2. The smallest absolute Gasteiger partial charge is 0.124 e. The summed E-state index contributed by atoms with van der Waals surface area (Å²) in [6.45, 7) is 2.74. The van der Waals surface area contributed by atoms with Gasteiger partial charge in [-0.3, -0.25) is 4.68 Å². The van der Waals surface area contributed by atoms with Crippen LogP contribution < -0.4 is 0 Å². The molecule has 0 aliphatic carbocycles. The molecule has 19 heavy (non-hydrogen) atoms. The lowest BCUT2D eigenvalue weighted by Gasteiger charge is -2.15. The highest BCUT2D eigenvalue weighted by molar-refractivity contribution is 9.10. The molecule has 0 fully saturated rings. The van der Waals surface area contributed by atoms with E-state index in [-0.39, 0.29) is 0 Å². The molecule has 0 aliphatic rings. The predicted molar refractivity (Wildman–Crippen MR) is 80.7 cm³/mol. The maximum atomic E-state index is 10.5. The molecule has 0 saturated carbocycles. The van der Waals surface area contributed by atoms with Gasteiger partial charge in [-0.1, -0.05) is 46.1 Å². The van der Waals surface area contributed by atoms with Gasteiger partial charge in [-0.2, -0.15) is 5.10 Å². The van der Waals surface area contributed by atoms with E-state index in [2.05, 4.69) is 21.0 Å². The van der Waals surface area contributed by atoms with Crippen LogP contribution in [0.5, 0.6) is 0 Å². The van der Waals surface area contributed by atoms with Gasteiger partial charge in [0.15, 0.2) is 0 Å². The van der Waals surface area contributed by atoms with Crippen molar-refractivity contribution in [1.29, 1.82) is 0 Å². The molecule has 3 nitrogen and oxygen atoms in total. The Morgan fingerprint density at radius 3 is 2.79 bits per heavy atom. The molecule has 102 valence electrons. The minimum Gasteiger partial charge on any atom is -0.382 e. The van der Waals surface area contributed by atoms with Crippen molar-refractivity contribution in [3.05, 3.63) is 50.2 Å². The number of aryl methyl sites for hydroxylation is 1. The molecule has 2 aromatic rings. The summed E-state index contributed by atoms with van der Waals surface area (Å²) < 4.78 is 2.56. The first kappa shape index (κ1) is 14.9. The largest absolute Gasteiger partial charge is 0.382 e. The first-order chi connectivity index (χ1) is 9.04. The molecular weight excluding hydrogens is 351 g/mol. The summed E-state index contributed by atoms with van der Waals surface area (Å²) in [6.07, 6.45) is 1.55. The Bertz CT molecular complexity index is 586. The molecule has 0 radical (unpaired) electrons. The lowest BCUT2D eigenvalue weighted by atomic mass is 10.1. The monoisotopic (exact) mass is 362 g/mol. The van der Waals surface area contributed by atoms with Gasteiger partial charge in [0.05, 0.1) is 16.9 Å². The zero-order valence-electron chi connectivity index (χ0n) is 10.3. The molecule has 2 rings (SSSR count). The molecule has 6 heteroatoms. The van der Waals surface area contributed by atoms with E-state index in [0.29, 0.717) is 27.8 Å². The quantitative estimate of drug-likeness (QED) is 0.871. The van der Waals surface area contributed by atoms with E-state index < -0.39 is 6.10 Å². The van der Waals surface area contributed by atoms with Crippen molar-refractivity contribution < 1.29 is 5.11 Å². The molecule has 0 saturated heterocycles. The van der Waals surface area contributed by atoms with Crippen LogP contribution in [0.1, 0.15) is 30.7 Å². The molecule has 1 aromatic carbocycles. The molecule has 0 amide bonds. The van der Waals surface area contributed by atoms with E-state index in [1.54, 1.807) is 23.0 Å². The number of rotatable bonds is 4. The number of nitrogens with zero attached hydrogens (tertiary/aromatic N) is 2. The van der Waals surface area contributed by atoms with Crippen LogP contribution in [0.3, 0.4) is 0 Å². The Morgan fingerprint density at radius 2 is 2.11 bits per heavy atom. The Hall–Kier alpha value is -0.550. The van der Waals surface area contributed by atoms with Gasteiger partial charge in [0.2, 0.25) is 0 Å². The van der Waals surface area contributed by atoms with E-state index in [9.17, 15) is 5.11 Å². The molecule has 0 spiro atoms. The Morgan fingerprint density at radius 1 is 1.37 bits per heavy atom. The molecule has 0 aliphatic heterocycles. The number of aliphatic hydroxyl groups excluding tert-OH is 1. The van der Waals surface area contributed by atoms with Crippen LogP contribution in [0.4, 0.5) is 0 Å². The van der Waals surface area contributed by atoms with Crippen molar-refractivity contribution in [1.82, 2.24) is 9.78 Å². The molecule has 1 heterocycles. The van der Waals surface area contributed by atoms with Gasteiger partial charge in [0.25, 0.3) is 0 Å². The first-order valence-electron chi connectivity index (χ1n) is 5.88. The average Bonchev–Trinajstić information content (AvgIpc) is 2.73. The van der Waals surface area contributed by atoms with Crippen LogP contribution in [0.25, 0.3) is 0 Å². The van der Waals surface area contributed by atoms with E-state index in [1.165, 1.54) is 0 Å². The third-order valence-corrected chi connectivity index (χ3v) is 3.91. The number of benzene rings is 1. The highest BCUT2D eigenvalue weighted by Crippen LogP contribution is 2.33. The van der Waals surface area contributed by atoms with Gasteiger partial charge in [-0.25, -0.2) is 0 Å². The van der Waals surface area contributed by atoms with E-state index >= 15 is 0 Å². The third-order valence-electron chi connectivity index (χ3n) is 2.78. The third kappa shape index (κ3) is 3.14. The second kappa shape index (κ2) is 6.27. The van der Waals surface area contributed by atoms with Crippen LogP contribution in [-0.2, 0) is 6.54 Å². The highest BCUT2D eigenvalue weighted by atomic mass is 79.9. The Kier molecular flexibility index (Phi) is 4.90. The predicted octanol–water partition coefficient (Wildman–Crippen LogP) is 4.44. The molecule has 0 bridgehead atoms. The SMILES string of the molecule is CCCn1ncc(Cl)c1C(O)c1cc(Br)ccc1Cl. The second-order valence-electron chi connectivity index (χ2n) is 4.17. The summed E-state index contributed by atoms with van der Waals surface area (Å²) >= 11 is 15.6. The highest BCUT2D eigenvalue weighted by Gasteiger charge is 2.22. The number of aromatic nitrogens is 2. The molecule has 1 aromatic heterocycles. The van der Waals surface area contributed by atoms with E-state index in [4.69, 9.17) is 23.2 Å². The Balaban J connectivity index is 2.46. The summed E-state index contributed by atoms with van der Waals surface area (Å²) in [6, 6.07) is 5.34. The Labute approximate surface area is 130 Å². The maximum absolute atomic E-state index is 10.5. The van der Waals surface area contributed by atoms with Gasteiger partial charge in [-0.15, -0.1) is 0 Å². The van der Waals surface area contributed by atoms with Crippen LogP contribution in [0.2, 0.25) is 10.0 Å². The minimum absolute atomic E-state index is 0.442. The molecule has 1 atom stereocenters. The van der Waals surface area contributed by atoms with Gasteiger partial charge in [0, 0.05) is 21.6 Å². The second-order valence-corrected chi connectivity index (χ2v) is 5.90. The fourth-order valence-corrected chi connectivity index (χ4v) is 2.75. The van der Waals surface area contributed by atoms with Crippen molar-refractivity contribution in [2.45, 2.75) is 26.0 Å². The van der Waals surface area contributed by atoms with Crippen molar-refractivity contribution in [3.8, 4) is 0 Å². The minimum atomic E-state index is -0.897. The average molecular weight is 364 g/mol. The van der Waals surface area contributed by atoms with Crippen molar-refractivity contribution in [2.75, 3.05) is 0 Å². The zero-order valence-corrected chi connectivity index (χ0v) is 13.4. The van der Waals surface area contributed by atoms with Gasteiger partial charge in [0.1, 0.15) is 6.10 Å². The zero-order chi connectivity index (χ0) is 14.0. The normalized spacial score (nSPS) is 12.7. The summed E-state index contributed by atoms with van der Waals surface area (Å²) in [7, 11) is 0. The van der Waals surface area contributed by atoms with Crippen LogP contribution in [0, 0.1) is 0 Å². The number of hydrogen-bond donors (Lipinski definition) is 1. The maximum Gasteiger partial charge on any atom is 0.124 e. The van der Waals surface area contributed by atoms with Gasteiger partial charge in [-0.05, 0) is 24.6 Å². The summed E-state index contributed by atoms with van der Waals surface area (Å²) in [5.41, 5.74) is 1.18. The van der Waals surface area contributed by atoms with Crippen molar-refractivity contribution in [3.63, 3.8) is 0 Å². The summed E-state index contributed by atoms with van der Waals surface area (Å²) in [5.74, 6) is 0. The van der Waals surface area contributed by atoms with Gasteiger partial charge < -0.3 is 5.11 Å². The summed E-state index contributed by atoms with van der Waals surface area (Å²) in [4.78, 5) is 0. The van der Waals surface area contributed by atoms with Crippen molar-refractivity contribution >= 4 is 39.1 Å². The molecule has 1 unspecified atom stereocenters. The van der Waals surface area contributed by atoms with Crippen molar-refractivity contribution in [2.24, 2.45) is 0 Å². The van der Waals surface area contributed by atoms with Gasteiger partial charge >= 0.3 is 0 Å². The lowest BCUT2D eigenvalue weighted by molar-refractivity contribution is 0.207. The van der Waals surface area contributed by atoms with E-state index in [1.807, 2.05) is 13.0 Å². The lowest BCUT2D eigenvalue weighted by Crippen LogP contribution is -2.11. The topological polar surface area (TPSA) is 38.0 Å². The molecule has 1 N–H and O–H groups in total. The standard InChI is InChI=1S/C13H13BrCl2N2O/c1-2-5-18-12(11(16)7-17-18)13(19)9-6-8(14)3-4-10(9)15/h3-4,6-7,13,19H,2,5H2,1H3. The fraction of sp³-hybridized carbons (Fsp3) is 0.308. The van der Waals surface area contributed by atoms with E-state index in [0.717, 1.165) is 10.9 Å². The number of halogens is 3. The van der Waals surface area contributed by atoms with Crippen LogP contribution in [0.15, 0.2) is 28.9 Å².